The summed E-state index contributed by atoms with van der Waals surface area (Å²) in [6.07, 6.45) is -1.68. The fourth-order valence-electron chi connectivity index (χ4n) is 7.19. The first-order chi connectivity index (χ1) is 24.2. The molecular weight excluding hydrogens is 685 g/mol. The highest BCUT2D eigenvalue weighted by Gasteiger charge is 2.50. The average Bonchev–Trinajstić information content (AvgIpc) is 3.37. The van der Waals surface area contributed by atoms with Gasteiger partial charge in [0.15, 0.2) is 11.9 Å². The Kier molecular flexibility index (Phi) is 10.7. The van der Waals surface area contributed by atoms with E-state index in [1.807, 2.05) is 32.9 Å². The summed E-state index contributed by atoms with van der Waals surface area (Å²) in [7, 11) is -2.17. The Morgan fingerprint density at radius 1 is 1.04 bits per heavy atom. The van der Waals surface area contributed by atoms with Crippen LogP contribution in [0.1, 0.15) is 91.3 Å². The Labute approximate surface area is 305 Å². The van der Waals surface area contributed by atoms with Crippen LogP contribution in [0.25, 0.3) is 22.3 Å². The maximum Gasteiger partial charge on any atom is 0.412 e. The number of carbonyl (C=O) groups is 3. The molecule has 0 saturated carbocycles. The van der Waals surface area contributed by atoms with Crippen LogP contribution in [0.3, 0.4) is 0 Å². The minimum atomic E-state index is -2.17. The van der Waals surface area contributed by atoms with Crippen molar-refractivity contribution in [2.24, 2.45) is 0 Å². The van der Waals surface area contributed by atoms with Crippen LogP contribution in [-0.2, 0) is 42.5 Å². The molecule has 2 aliphatic heterocycles. The highest BCUT2D eigenvalue weighted by Crippen LogP contribution is 2.42. The molecule has 1 unspecified atom stereocenters. The molecule has 1 aromatic carbocycles. The number of nitrogens with zero attached hydrogens (tertiary/aromatic N) is 2. The minimum Gasteiger partial charge on any atom is -0.458 e. The lowest BCUT2D eigenvalue weighted by molar-refractivity contribution is -0.221. The van der Waals surface area contributed by atoms with Crippen LogP contribution in [0.4, 0.5) is 15.3 Å². The Hall–Kier alpha value is -4.27. The summed E-state index contributed by atoms with van der Waals surface area (Å²) in [6.45, 7) is 19.2. The molecule has 3 aromatic rings. The van der Waals surface area contributed by atoms with Crippen LogP contribution in [-0.4, -0.2) is 64.9 Å². The number of pyridine rings is 2. The number of esters is 1. The fraction of sp³-hybridized carbons (Fsp3) is 0.553. The van der Waals surface area contributed by atoms with Crippen LogP contribution in [0, 0.1) is 0 Å². The van der Waals surface area contributed by atoms with Gasteiger partial charge in [-0.3, -0.25) is 10.1 Å². The van der Waals surface area contributed by atoms with Crippen molar-refractivity contribution in [1.82, 2.24) is 14.9 Å². The van der Waals surface area contributed by atoms with Gasteiger partial charge in [-0.25, -0.2) is 19.4 Å². The fourth-order valence-corrected chi connectivity index (χ4v) is 10.6. The number of fused-ring (bicyclic) bond motifs is 5. The van der Waals surface area contributed by atoms with Crippen molar-refractivity contribution >= 4 is 48.0 Å². The maximum atomic E-state index is 14.3. The molecule has 5 rings (SSSR count). The molecule has 2 atom stereocenters. The van der Waals surface area contributed by atoms with Gasteiger partial charge in [-0.1, -0.05) is 39.4 Å². The molecule has 0 radical (unpaired) electrons. The Morgan fingerprint density at radius 3 is 2.35 bits per heavy atom. The van der Waals surface area contributed by atoms with Crippen molar-refractivity contribution in [1.29, 1.82) is 0 Å². The standard InChI is InChI=1S/C38H52N4O9Si/c1-11-17-52(9,10)31-23-18-22(40-35(47)51-37(6,7)8)13-14-27(23)41-30-24(31)20-42-28(30)19-26-25(32(42)44)21-48-33(45)38(26,12-2)49-29(43)15-16-39-34(46)50-36(3,4)5/h13-14,18-19,29,43H,11-12,15-17,20-21H2,1-10H3,(H,39,46)(H,40,47)/t29?,38-/m0/s1. The number of aliphatic hydroxyl groups is 1. The molecule has 2 aliphatic rings. The molecule has 0 fully saturated rings. The highest BCUT2D eigenvalue weighted by molar-refractivity contribution is 6.91. The zero-order chi connectivity index (χ0) is 38.4. The lowest BCUT2D eigenvalue weighted by Crippen LogP contribution is -2.48. The molecule has 52 heavy (non-hydrogen) atoms. The smallest absolute Gasteiger partial charge is 0.412 e. The van der Waals surface area contributed by atoms with E-state index < -0.39 is 49.3 Å². The minimum absolute atomic E-state index is 0.0181. The number of cyclic esters (lactones) is 1. The first-order valence-electron chi connectivity index (χ1n) is 17.9. The Bertz CT molecular complexity index is 1960. The van der Waals surface area contributed by atoms with E-state index in [1.54, 1.807) is 44.4 Å². The van der Waals surface area contributed by atoms with Gasteiger partial charge in [-0.05, 0) is 83.0 Å². The summed E-state index contributed by atoms with van der Waals surface area (Å²) in [6, 6.07) is 8.35. The topological polar surface area (TPSA) is 167 Å². The van der Waals surface area contributed by atoms with Gasteiger partial charge in [0.05, 0.1) is 37.1 Å². The van der Waals surface area contributed by atoms with E-state index in [0.29, 0.717) is 28.2 Å². The van der Waals surface area contributed by atoms with Gasteiger partial charge >= 0.3 is 18.2 Å². The third kappa shape index (κ3) is 7.88. The summed E-state index contributed by atoms with van der Waals surface area (Å²) < 4.78 is 24.1. The monoisotopic (exact) mass is 736 g/mol. The predicted octanol–water partition coefficient (Wildman–Crippen LogP) is 6.01. The van der Waals surface area contributed by atoms with Crippen molar-refractivity contribution in [3.8, 4) is 11.4 Å². The first kappa shape index (κ1) is 38.9. The van der Waals surface area contributed by atoms with Crippen LogP contribution < -0.4 is 21.4 Å². The number of aromatic nitrogens is 2. The molecule has 14 heteroatoms. The highest BCUT2D eigenvalue weighted by atomic mass is 28.3. The second kappa shape index (κ2) is 14.3. The number of nitrogens with one attached hydrogen (secondary N) is 2. The summed E-state index contributed by atoms with van der Waals surface area (Å²) >= 11 is 0. The second-order valence-corrected chi connectivity index (χ2v) is 20.9. The molecule has 0 spiro atoms. The van der Waals surface area contributed by atoms with Crippen LogP contribution in [0.2, 0.25) is 19.1 Å². The van der Waals surface area contributed by atoms with Gasteiger partial charge in [0.25, 0.3) is 5.56 Å². The van der Waals surface area contributed by atoms with E-state index in [0.717, 1.165) is 28.6 Å². The number of alkyl carbamates (subject to hydrolysis) is 1. The molecule has 0 bridgehead atoms. The quantitative estimate of drug-likeness (QED) is 0.0760. The SMILES string of the molecule is CCC[Si](C)(C)c1c2c(nc3ccc(NC(=O)OC(C)(C)C)cc13)-c1cc3c(c(=O)n1C2)COC(=O)[C@@]3(CC)OC(O)CCNC(=O)OC(C)(C)C. The number of aliphatic hydroxyl groups excluding tert-OH is 1. The first-order valence-corrected chi connectivity index (χ1v) is 21.1. The van der Waals surface area contributed by atoms with Crippen molar-refractivity contribution < 1.29 is 38.4 Å². The van der Waals surface area contributed by atoms with Crippen LogP contribution >= 0.6 is 0 Å². The van der Waals surface area contributed by atoms with Crippen molar-refractivity contribution in [2.45, 2.75) is 130 Å². The van der Waals surface area contributed by atoms with Crippen molar-refractivity contribution in [3.05, 3.63) is 51.3 Å². The van der Waals surface area contributed by atoms with Gasteiger partial charge in [-0.15, -0.1) is 0 Å². The van der Waals surface area contributed by atoms with Gasteiger partial charge in [0.1, 0.15) is 17.8 Å². The number of benzene rings is 1. The summed E-state index contributed by atoms with van der Waals surface area (Å²) in [5.74, 6) is -0.710. The summed E-state index contributed by atoms with van der Waals surface area (Å²) in [5.41, 5.74) is 0.605. The molecule has 2 amide bonds. The van der Waals surface area contributed by atoms with E-state index in [-0.39, 0.29) is 43.7 Å². The van der Waals surface area contributed by atoms with Crippen molar-refractivity contribution in [3.63, 3.8) is 0 Å². The average molecular weight is 737 g/mol. The number of hydrogen-bond acceptors (Lipinski definition) is 10. The van der Waals surface area contributed by atoms with Crippen LogP contribution in [0.5, 0.6) is 0 Å². The van der Waals surface area contributed by atoms with E-state index in [2.05, 4.69) is 30.7 Å². The number of carbonyl (C=O) groups excluding carboxylic acids is 3. The molecule has 4 heterocycles. The van der Waals surface area contributed by atoms with Gasteiger partial charge in [-0.2, -0.15) is 0 Å². The molecular formula is C38H52N4O9Si. The summed E-state index contributed by atoms with van der Waals surface area (Å²) in [5, 5.41) is 18.5. The molecule has 3 N–H and O–H groups in total. The van der Waals surface area contributed by atoms with E-state index in [9.17, 15) is 24.3 Å². The summed E-state index contributed by atoms with van der Waals surface area (Å²) in [4.78, 5) is 57.8. The number of rotatable bonds is 10. The van der Waals surface area contributed by atoms with Gasteiger partial charge in [0, 0.05) is 29.6 Å². The Balaban J connectivity index is 1.57. The zero-order valence-electron chi connectivity index (χ0n) is 31.9. The second-order valence-electron chi connectivity index (χ2n) is 16.2. The molecule has 13 nitrogen and oxygen atoms in total. The van der Waals surface area contributed by atoms with Crippen molar-refractivity contribution in [2.75, 3.05) is 11.9 Å². The molecule has 0 aliphatic carbocycles. The third-order valence-corrected chi connectivity index (χ3v) is 12.9. The lowest BCUT2D eigenvalue weighted by atomic mass is 9.85. The maximum absolute atomic E-state index is 14.3. The van der Waals surface area contributed by atoms with Crippen LogP contribution in [0.15, 0.2) is 29.1 Å². The lowest BCUT2D eigenvalue weighted by Gasteiger charge is -2.37. The van der Waals surface area contributed by atoms with E-state index in [1.165, 1.54) is 0 Å². The largest absolute Gasteiger partial charge is 0.458 e. The number of hydrogen-bond donors (Lipinski definition) is 3. The normalized spacial score (nSPS) is 17.5. The Morgan fingerprint density at radius 2 is 1.71 bits per heavy atom. The van der Waals surface area contributed by atoms with E-state index in [4.69, 9.17) is 23.9 Å². The molecule has 0 saturated heterocycles. The number of amides is 2. The molecule has 2 aromatic heterocycles. The zero-order valence-corrected chi connectivity index (χ0v) is 32.9. The number of anilines is 1. The predicted molar refractivity (Wildman–Crippen MR) is 200 cm³/mol. The number of ether oxygens (including phenoxy) is 4. The van der Waals surface area contributed by atoms with Gasteiger partial charge < -0.3 is 33.9 Å². The van der Waals surface area contributed by atoms with Gasteiger partial charge in [0.2, 0.25) is 0 Å². The third-order valence-electron chi connectivity index (χ3n) is 9.25. The van der Waals surface area contributed by atoms with E-state index >= 15 is 0 Å². The molecule has 282 valence electrons.